The summed E-state index contributed by atoms with van der Waals surface area (Å²) in [7, 11) is 0. The summed E-state index contributed by atoms with van der Waals surface area (Å²) in [6.45, 7) is 7.75. The van der Waals surface area contributed by atoms with Crippen LogP contribution in [0.15, 0.2) is 30.6 Å². The predicted molar refractivity (Wildman–Crippen MR) is 148 cm³/mol. The van der Waals surface area contributed by atoms with Crippen molar-refractivity contribution >= 4 is 0 Å². The van der Waals surface area contributed by atoms with Crippen molar-refractivity contribution in [1.29, 1.82) is 0 Å². The molecule has 204 valence electrons. The Bertz CT molecular complexity index is 511. The molecule has 0 amide bonds. The summed E-state index contributed by atoms with van der Waals surface area (Å²) in [6, 6.07) is 6.18. The highest BCUT2D eigenvalue weighted by Gasteiger charge is 1.98. The molecule has 0 atom stereocenters. The highest BCUT2D eigenvalue weighted by molar-refractivity contribution is 4.83. The van der Waals surface area contributed by atoms with E-state index in [9.17, 15) is 0 Å². The van der Waals surface area contributed by atoms with Gasteiger partial charge in [0.2, 0.25) is 0 Å². The average Bonchev–Trinajstić information content (AvgIpc) is 2.89. The Morgan fingerprint density at radius 2 is 0.771 bits per heavy atom. The van der Waals surface area contributed by atoms with Gasteiger partial charge < -0.3 is 14.2 Å². The van der Waals surface area contributed by atoms with Gasteiger partial charge in [-0.3, -0.25) is 0 Å². The van der Waals surface area contributed by atoms with Crippen LogP contribution in [0.1, 0.15) is 122 Å². The molecule has 0 unspecified atom stereocenters. The van der Waals surface area contributed by atoms with Gasteiger partial charge in [0.1, 0.15) is 6.54 Å². The highest BCUT2D eigenvalue weighted by atomic mass is 16.5. The zero-order valence-electron chi connectivity index (χ0n) is 23.2. The van der Waals surface area contributed by atoms with Gasteiger partial charge in [0.25, 0.3) is 0 Å². The zero-order valence-corrected chi connectivity index (χ0v) is 23.2. The first-order valence-electron chi connectivity index (χ1n) is 15.1. The number of aromatic nitrogens is 1. The van der Waals surface area contributed by atoms with E-state index in [4.69, 9.17) is 14.2 Å². The Labute approximate surface area is 218 Å². The second kappa shape index (κ2) is 27.6. The number of hydrogen-bond donors (Lipinski definition) is 0. The summed E-state index contributed by atoms with van der Waals surface area (Å²) < 4.78 is 19.1. The number of rotatable bonds is 28. The minimum Gasteiger partial charge on any atom is -0.379 e. The maximum absolute atomic E-state index is 5.69. The fourth-order valence-electron chi connectivity index (χ4n) is 4.38. The molecule has 0 aliphatic heterocycles. The van der Waals surface area contributed by atoms with Crippen LogP contribution in [-0.2, 0) is 20.8 Å². The van der Waals surface area contributed by atoms with Crippen molar-refractivity contribution in [2.75, 3.05) is 39.6 Å². The number of hydrogen-bond acceptors (Lipinski definition) is 3. The lowest BCUT2D eigenvalue weighted by molar-refractivity contribution is -0.697. The van der Waals surface area contributed by atoms with E-state index >= 15 is 0 Å². The third-order valence-electron chi connectivity index (χ3n) is 6.62. The van der Waals surface area contributed by atoms with Crippen LogP contribution < -0.4 is 4.57 Å². The van der Waals surface area contributed by atoms with E-state index < -0.39 is 0 Å². The largest absolute Gasteiger partial charge is 0.379 e. The Morgan fingerprint density at radius 3 is 1.23 bits per heavy atom. The van der Waals surface area contributed by atoms with Gasteiger partial charge in [0, 0.05) is 31.8 Å². The second-order valence-corrected chi connectivity index (χ2v) is 9.96. The van der Waals surface area contributed by atoms with Gasteiger partial charge in [-0.1, -0.05) is 109 Å². The lowest BCUT2D eigenvalue weighted by atomic mass is 10.0. The molecular weight excluding hydrogens is 434 g/mol. The van der Waals surface area contributed by atoms with Crippen molar-refractivity contribution < 1.29 is 18.8 Å². The third-order valence-corrected chi connectivity index (χ3v) is 6.62. The van der Waals surface area contributed by atoms with Gasteiger partial charge >= 0.3 is 0 Å². The minimum absolute atomic E-state index is 0.663. The quantitative estimate of drug-likeness (QED) is 0.0875. The van der Waals surface area contributed by atoms with Crippen LogP contribution in [0.3, 0.4) is 0 Å². The predicted octanol–water partition coefficient (Wildman–Crippen LogP) is 8.07. The van der Waals surface area contributed by atoms with Gasteiger partial charge in [-0.2, -0.15) is 0 Å². The Hall–Kier alpha value is -0.970. The molecule has 0 aliphatic rings. The van der Waals surface area contributed by atoms with Crippen LogP contribution in [0, 0.1) is 0 Å². The normalized spacial score (nSPS) is 11.3. The average molecular weight is 493 g/mol. The molecule has 0 bridgehead atoms. The van der Waals surface area contributed by atoms with Crippen molar-refractivity contribution in [3.8, 4) is 0 Å². The fourth-order valence-corrected chi connectivity index (χ4v) is 4.38. The monoisotopic (exact) mass is 492 g/mol. The first-order chi connectivity index (χ1) is 17.4. The lowest BCUT2D eigenvalue weighted by Crippen LogP contribution is -2.32. The topological polar surface area (TPSA) is 31.6 Å². The molecule has 0 aliphatic carbocycles. The molecule has 1 rings (SSSR count). The molecule has 1 aromatic rings. The van der Waals surface area contributed by atoms with Crippen LogP contribution in [0.5, 0.6) is 0 Å². The number of unbranched alkanes of at least 4 members (excludes halogenated alkanes) is 16. The van der Waals surface area contributed by atoms with E-state index in [2.05, 4.69) is 36.0 Å². The first kappa shape index (κ1) is 32.1. The summed E-state index contributed by atoms with van der Waals surface area (Å²) in [5, 5.41) is 0. The van der Waals surface area contributed by atoms with Gasteiger partial charge in [0.05, 0.1) is 26.4 Å². The molecule has 0 radical (unpaired) electrons. The van der Waals surface area contributed by atoms with E-state index in [0.717, 1.165) is 32.6 Å². The maximum atomic E-state index is 5.69. The van der Waals surface area contributed by atoms with Crippen molar-refractivity contribution in [1.82, 2.24) is 0 Å². The van der Waals surface area contributed by atoms with Crippen LogP contribution in [-0.4, -0.2) is 39.6 Å². The minimum atomic E-state index is 0.663. The Kier molecular flexibility index (Phi) is 25.3. The van der Waals surface area contributed by atoms with E-state index in [-0.39, 0.29) is 0 Å². The van der Waals surface area contributed by atoms with Gasteiger partial charge in [0.15, 0.2) is 12.4 Å². The Morgan fingerprint density at radius 1 is 0.400 bits per heavy atom. The zero-order chi connectivity index (χ0) is 24.9. The Balaban J connectivity index is 1.63. The molecule has 0 N–H and O–H groups in total. The van der Waals surface area contributed by atoms with Crippen LogP contribution >= 0.6 is 0 Å². The van der Waals surface area contributed by atoms with Gasteiger partial charge in [-0.05, 0) is 12.8 Å². The fraction of sp³-hybridized carbons (Fsp3) is 0.839. The van der Waals surface area contributed by atoms with E-state index in [0.29, 0.717) is 26.4 Å². The number of aryl methyl sites for hydroxylation is 1. The van der Waals surface area contributed by atoms with Crippen LogP contribution in [0.4, 0.5) is 0 Å². The van der Waals surface area contributed by atoms with Crippen LogP contribution in [0.2, 0.25) is 0 Å². The molecule has 0 fully saturated rings. The molecular formula is C31H58NO3+. The maximum Gasteiger partial charge on any atom is 0.168 e. The number of nitrogens with zero attached hydrogens (tertiary/aromatic N) is 1. The summed E-state index contributed by atoms with van der Waals surface area (Å²) in [4.78, 5) is 0. The van der Waals surface area contributed by atoms with E-state index in [1.54, 1.807) is 0 Å². The first-order valence-corrected chi connectivity index (χ1v) is 15.1. The summed E-state index contributed by atoms with van der Waals surface area (Å²) in [5.74, 6) is 0. The van der Waals surface area contributed by atoms with E-state index in [1.807, 2.05) is 6.07 Å². The summed E-state index contributed by atoms with van der Waals surface area (Å²) in [5.41, 5.74) is 0. The molecule has 4 nitrogen and oxygen atoms in total. The molecule has 0 aromatic carbocycles. The molecule has 4 heteroatoms. The number of ether oxygens (including phenoxy) is 3. The standard InChI is InChI=1S/C31H58NO3/c1-2-3-4-5-6-7-8-9-10-11-12-13-14-15-16-21-26-33-28-30-35-31-29-34-27-22-20-25-32-23-18-17-19-24-32/h17-19,23-24H,2-16,20-22,25-31H2,1H3/q+1. The molecule has 0 saturated heterocycles. The van der Waals surface area contributed by atoms with Gasteiger partial charge in [-0.25, -0.2) is 4.57 Å². The summed E-state index contributed by atoms with van der Waals surface area (Å²) in [6.07, 6.45) is 28.9. The van der Waals surface area contributed by atoms with Crippen molar-refractivity contribution in [3.63, 3.8) is 0 Å². The number of pyridine rings is 1. The smallest absolute Gasteiger partial charge is 0.168 e. The van der Waals surface area contributed by atoms with Gasteiger partial charge in [-0.15, -0.1) is 0 Å². The molecule has 1 heterocycles. The molecule has 0 saturated carbocycles. The van der Waals surface area contributed by atoms with E-state index in [1.165, 1.54) is 103 Å². The SMILES string of the molecule is CCCCCCCCCCCCCCCCCCOCCOCCOCCCC[n+]1ccccc1. The molecule has 0 spiro atoms. The molecule has 35 heavy (non-hydrogen) atoms. The van der Waals surface area contributed by atoms with Crippen molar-refractivity contribution in [2.45, 2.75) is 129 Å². The lowest BCUT2D eigenvalue weighted by Gasteiger charge is -2.07. The second-order valence-electron chi connectivity index (χ2n) is 9.96. The van der Waals surface area contributed by atoms with Crippen molar-refractivity contribution in [3.05, 3.63) is 30.6 Å². The van der Waals surface area contributed by atoms with Crippen LogP contribution in [0.25, 0.3) is 0 Å². The third kappa shape index (κ3) is 24.5. The molecule has 1 aromatic heterocycles. The highest BCUT2D eigenvalue weighted by Crippen LogP contribution is 2.13. The van der Waals surface area contributed by atoms with Crippen molar-refractivity contribution in [2.24, 2.45) is 0 Å². The summed E-state index contributed by atoms with van der Waals surface area (Å²) >= 11 is 0.